The second-order valence-electron chi connectivity index (χ2n) is 10.4. The summed E-state index contributed by atoms with van der Waals surface area (Å²) < 4.78 is 29.2. The third-order valence-corrected chi connectivity index (χ3v) is 8.87. The molecule has 3 rings (SSSR count). The van der Waals surface area contributed by atoms with Gasteiger partial charge < -0.3 is 10.2 Å². The molecule has 0 bridgehead atoms. The highest BCUT2D eigenvalue weighted by Gasteiger charge is 2.34. The summed E-state index contributed by atoms with van der Waals surface area (Å²) in [5, 5.41) is 3.00. The van der Waals surface area contributed by atoms with Crippen LogP contribution in [-0.4, -0.2) is 43.8 Å². The van der Waals surface area contributed by atoms with Crippen molar-refractivity contribution in [2.24, 2.45) is 0 Å². The fraction of sp³-hybridized carbons (Fsp3) is 0.375. The van der Waals surface area contributed by atoms with Crippen molar-refractivity contribution in [1.82, 2.24) is 10.2 Å². The predicted molar refractivity (Wildman–Crippen MR) is 161 cm³/mol. The molecular weight excluding hydrogens is 522 g/mol. The number of aryl methyl sites for hydroxylation is 3. The number of nitrogens with zero attached hydrogens (tertiary/aromatic N) is 2. The van der Waals surface area contributed by atoms with Crippen molar-refractivity contribution in [3.63, 3.8) is 0 Å². The second kappa shape index (κ2) is 13.6. The third kappa shape index (κ3) is 7.50. The van der Waals surface area contributed by atoms with E-state index in [1.165, 1.54) is 9.21 Å². The molecule has 2 atom stereocenters. The lowest BCUT2D eigenvalue weighted by atomic mass is 10.1. The molecule has 7 nitrogen and oxygen atoms in total. The number of benzene rings is 3. The van der Waals surface area contributed by atoms with E-state index in [1.807, 2.05) is 84.0 Å². The van der Waals surface area contributed by atoms with Crippen molar-refractivity contribution >= 4 is 27.5 Å². The zero-order valence-electron chi connectivity index (χ0n) is 24.3. The Morgan fingerprint density at radius 1 is 0.850 bits per heavy atom. The van der Waals surface area contributed by atoms with E-state index in [0.29, 0.717) is 12.1 Å². The quantitative estimate of drug-likeness (QED) is 0.314. The molecule has 8 heteroatoms. The van der Waals surface area contributed by atoms with E-state index in [1.54, 1.807) is 30.3 Å². The van der Waals surface area contributed by atoms with E-state index in [9.17, 15) is 18.0 Å². The number of carbonyl (C=O) groups excluding carboxylic acids is 2. The van der Waals surface area contributed by atoms with Crippen LogP contribution in [0, 0.1) is 20.8 Å². The minimum absolute atomic E-state index is 0.0520. The number of anilines is 1. The lowest BCUT2D eigenvalue weighted by Crippen LogP contribution is -2.53. The van der Waals surface area contributed by atoms with Gasteiger partial charge in [-0.25, -0.2) is 8.42 Å². The topological polar surface area (TPSA) is 86.8 Å². The highest BCUT2D eigenvalue weighted by molar-refractivity contribution is 7.92. The van der Waals surface area contributed by atoms with Gasteiger partial charge in [0.2, 0.25) is 11.8 Å². The first-order chi connectivity index (χ1) is 19.0. The van der Waals surface area contributed by atoms with E-state index >= 15 is 0 Å². The van der Waals surface area contributed by atoms with Gasteiger partial charge in [-0.3, -0.25) is 13.9 Å². The van der Waals surface area contributed by atoms with Crippen molar-refractivity contribution in [1.29, 1.82) is 0 Å². The van der Waals surface area contributed by atoms with Gasteiger partial charge in [-0.15, -0.1) is 0 Å². The summed E-state index contributed by atoms with van der Waals surface area (Å²) >= 11 is 0. The van der Waals surface area contributed by atoms with Crippen LogP contribution in [0.2, 0.25) is 0 Å². The molecule has 0 unspecified atom stereocenters. The summed E-state index contributed by atoms with van der Waals surface area (Å²) in [7, 11) is -4.10. The lowest BCUT2D eigenvalue weighted by molar-refractivity contribution is -0.140. The van der Waals surface area contributed by atoms with Crippen LogP contribution in [0.15, 0.2) is 77.7 Å². The standard InChI is InChI=1S/C32H41N3O4S/c1-7-26(6)33-32(37)29(8-2)34(21-27-12-10-9-11-13-27)31(36)22-35(30-19-16-24(4)20-25(30)5)40(38,39)28-17-14-23(3)15-18-28/h9-20,26,29H,7-8,21-22H2,1-6H3,(H,33,37)/t26-,29-/m0/s1. The zero-order chi connectivity index (χ0) is 29.4. The molecule has 0 aliphatic heterocycles. The Hall–Kier alpha value is -3.65. The van der Waals surface area contributed by atoms with Gasteiger partial charge >= 0.3 is 0 Å². The minimum Gasteiger partial charge on any atom is -0.352 e. The highest BCUT2D eigenvalue weighted by Crippen LogP contribution is 2.28. The summed E-state index contributed by atoms with van der Waals surface area (Å²) in [6.45, 7) is 11.2. The molecule has 214 valence electrons. The van der Waals surface area contributed by atoms with E-state index in [0.717, 1.165) is 28.7 Å². The van der Waals surface area contributed by atoms with Crippen LogP contribution < -0.4 is 9.62 Å². The molecule has 40 heavy (non-hydrogen) atoms. The van der Waals surface area contributed by atoms with Crippen LogP contribution in [0.1, 0.15) is 55.9 Å². The fourth-order valence-corrected chi connectivity index (χ4v) is 6.06. The molecule has 2 amide bonds. The first-order valence-electron chi connectivity index (χ1n) is 13.8. The normalized spacial score (nSPS) is 12.8. The molecular formula is C32H41N3O4S. The van der Waals surface area contributed by atoms with Gasteiger partial charge in [0.1, 0.15) is 12.6 Å². The lowest BCUT2D eigenvalue weighted by Gasteiger charge is -2.34. The van der Waals surface area contributed by atoms with E-state index < -0.39 is 28.5 Å². The van der Waals surface area contributed by atoms with Crippen LogP contribution >= 0.6 is 0 Å². The number of sulfonamides is 1. The fourth-order valence-electron chi connectivity index (χ4n) is 4.58. The van der Waals surface area contributed by atoms with Crippen LogP contribution in [0.5, 0.6) is 0 Å². The molecule has 0 aliphatic carbocycles. The second-order valence-corrected chi connectivity index (χ2v) is 12.2. The van der Waals surface area contributed by atoms with Crippen LogP contribution in [0.3, 0.4) is 0 Å². The smallest absolute Gasteiger partial charge is 0.264 e. The zero-order valence-corrected chi connectivity index (χ0v) is 25.2. The van der Waals surface area contributed by atoms with E-state index in [-0.39, 0.29) is 23.4 Å². The largest absolute Gasteiger partial charge is 0.352 e. The molecule has 3 aromatic rings. The van der Waals surface area contributed by atoms with Crippen molar-refractivity contribution < 1.29 is 18.0 Å². The molecule has 1 N–H and O–H groups in total. The number of rotatable bonds is 12. The van der Waals surface area contributed by atoms with Gasteiger partial charge in [0.15, 0.2) is 0 Å². The van der Waals surface area contributed by atoms with E-state index in [4.69, 9.17) is 0 Å². The molecule has 0 spiro atoms. The Morgan fingerprint density at radius 2 is 1.48 bits per heavy atom. The van der Waals surface area contributed by atoms with Crippen molar-refractivity contribution in [3.05, 3.63) is 95.1 Å². The highest BCUT2D eigenvalue weighted by atomic mass is 32.2. The van der Waals surface area contributed by atoms with E-state index in [2.05, 4.69) is 5.32 Å². The summed E-state index contributed by atoms with van der Waals surface area (Å²) in [4.78, 5) is 29.1. The first kappa shape index (κ1) is 30.9. The number of amides is 2. The third-order valence-electron chi connectivity index (χ3n) is 7.09. The van der Waals surface area contributed by atoms with Gasteiger partial charge in [-0.1, -0.05) is 79.6 Å². The Balaban J connectivity index is 2.08. The maximum Gasteiger partial charge on any atom is 0.264 e. The summed E-state index contributed by atoms with van der Waals surface area (Å²) in [6, 6.07) is 20.7. The minimum atomic E-state index is -4.10. The number of hydrogen-bond donors (Lipinski definition) is 1. The van der Waals surface area contributed by atoms with Crippen LogP contribution in [-0.2, 0) is 26.2 Å². The molecule has 0 aliphatic rings. The first-order valence-corrected chi connectivity index (χ1v) is 15.2. The van der Waals surface area contributed by atoms with Gasteiger partial charge in [0.25, 0.3) is 10.0 Å². The molecule has 0 fully saturated rings. The Morgan fingerprint density at radius 3 is 2.05 bits per heavy atom. The average molecular weight is 564 g/mol. The Bertz CT molecular complexity index is 1410. The van der Waals surface area contributed by atoms with Crippen LogP contribution in [0.25, 0.3) is 0 Å². The molecule has 3 aromatic carbocycles. The van der Waals surface area contributed by atoms with Gasteiger partial charge in [-0.2, -0.15) is 0 Å². The van der Waals surface area contributed by atoms with Crippen molar-refractivity contribution in [3.8, 4) is 0 Å². The summed E-state index contributed by atoms with van der Waals surface area (Å²) in [5.41, 5.74) is 3.93. The van der Waals surface area contributed by atoms with Crippen molar-refractivity contribution in [2.45, 2.75) is 77.9 Å². The van der Waals surface area contributed by atoms with Gasteiger partial charge in [0, 0.05) is 12.6 Å². The molecule has 0 saturated carbocycles. The molecule has 0 aromatic heterocycles. The number of carbonyl (C=O) groups is 2. The van der Waals surface area contributed by atoms with Gasteiger partial charge in [0.05, 0.1) is 10.6 Å². The molecule has 0 heterocycles. The van der Waals surface area contributed by atoms with Crippen LogP contribution in [0.4, 0.5) is 5.69 Å². The predicted octanol–water partition coefficient (Wildman–Crippen LogP) is 5.53. The SMILES string of the molecule is CC[C@H](C)NC(=O)[C@H](CC)N(Cc1ccccc1)C(=O)CN(c1ccc(C)cc1C)S(=O)(=O)c1ccc(C)cc1. The molecule has 0 radical (unpaired) electrons. The summed E-state index contributed by atoms with van der Waals surface area (Å²) in [6.07, 6.45) is 1.14. The average Bonchev–Trinajstić information content (AvgIpc) is 2.92. The van der Waals surface area contributed by atoms with Crippen molar-refractivity contribution in [2.75, 3.05) is 10.8 Å². The Kier molecular flexibility index (Phi) is 10.5. The van der Waals surface area contributed by atoms with Gasteiger partial charge in [-0.05, 0) is 69.9 Å². The number of nitrogens with one attached hydrogen (secondary N) is 1. The molecule has 0 saturated heterocycles. The maximum absolute atomic E-state index is 14.1. The summed E-state index contributed by atoms with van der Waals surface area (Å²) in [5.74, 6) is -0.703. The Labute approximate surface area is 239 Å². The number of hydrogen-bond acceptors (Lipinski definition) is 4. The monoisotopic (exact) mass is 563 g/mol. The maximum atomic E-state index is 14.1.